The topological polar surface area (TPSA) is 75.8 Å². The zero-order chi connectivity index (χ0) is 14.6. The van der Waals surface area contributed by atoms with Gasteiger partial charge in [-0.2, -0.15) is 0 Å². The summed E-state index contributed by atoms with van der Waals surface area (Å²) in [5, 5.41) is 9.31. The lowest BCUT2D eigenvalue weighted by atomic mass is 9.78. The Labute approximate surface area is 121 Å². The summed E-state index contributed by atoms with van der Waals surface area (Å²) >= 11 is 0. The summed E-state index contributed by atoms with van der Waals surface area (Å²) < 4.78 is 5.86. The second-order valence-electron chi connectivity index (χ2n) is 6.34. The minimum absolute atomic E-state index is 0.304. The summed E-state index contributed by atoms with van der Waals surface area (Å²) in [4.78, 5) is 13.8. The van der Waals surface area contributed by atoms with Gasteiger partial charge in [0.05, 0.1) is 6.10 Å². The first-order valence-electron chi connectivity index (χ1n) is 7.93. The Morgan fingerprint density at radius 2 is 2.25 bits per heavy atom. The Kier molecular flexibility index (Phi) is 5.41. The Morgan fingerprint density at radius 3 is 2.95 bits per heavy atom. The zero-order valence-corrected chi connectivity index (χ0v) is 12.5. The van der Waals surface area contributed by atoms with Crippen molar-refractivity contribution in [3.63, 3.8) is 0 Å². The first-order valence-corrected chi connectivity index (χ1v) is 7.93. The lowest BCUT2D eigenvalue weighted by Gasteiger charge is -2.43. The molecule has 2 aliphatic rings. The van der Waals surface area contributed by atoms with Crippen LogP contribution in [0, 0.1) is 0 Å². The van der Waals surface area contributed by atoms with E-state index in [2.05, 4.69) is 11.8 Å². The molecular formula is C15H28N2O3. The Balaban J connectivity index is 1.91. The van der Waals surface area contributed by atoms with Crippen LogP contribution in [0.1, 0.15) is 51.9 Å². The average molecular weight is 284 g/mol. The number of nitrogens with zero attached hydrogens (tertiary/aromatic N) is 1. The molecule has 3 N–H and O–H groups in total. The highest BCUT2D eigenvalue weighted by molar-refractivity contribution is 5.78. The van der Waals surface area contributed by atoms with Gasteiger partial charge in [0.25, 0.3) is 0 Å². The van der Waals surface area contributed by atoms with Crippen molar-refractivity contribution in [2.75, 3.05) is 19.7 Å². The minimum atomic E-state index is -1.03. The monoisotopic (exact) mass is 284 g/mol. The van der Waals surface area contributed by atoms with E-state index in [1.54, 1.807) is 0 Å². The number of hydrogen-bond acceptors (Lipinski definition) is 4. The molecule has 1 aliphatic heterocycles. The third kappa shape index (κ3) is 3.71. The molecule has 20 heavy (non-hydrogen) atoms. The van der Waals surface area contributed by atoms with Crippen LogP contribution in [0.3, 0.4) is 0 Å². The number of carboxylic acid groups (broad SMARTS) is 1. The zero-order valence-electron chi connectivity index (χ0n) is 12.5. The molecule has 0 radical (unpaired) electrons. The molecule has 0 spiro atoms. The standard InChI is InChI=1S/C15H28N2O3/c1-2-9-20-13-6-4-8-17(11-13)12-5-3-7-15(16,10-12)14(18)19/h12-13H,2-11,16H2,1H3,(H,18,19). The third-order valence-electron chi connectivity index (χ3n) is 4.67. The molecule has 0 aromatic rings. The van der Waals surface area contributed by atoms with Gasteiger partial charge in [-0.25, -0.2) is 0 Å². The van der Waals surface area contributed by atoms with Crippen LogP contribution in [0.25, 0.3) is 0 Å². The quantitative estimate of drug-likeness (QED) is 0.802. The smallest absolute Gasteiger partial charge is 0.323 e. The SMILES string of the molecule is CCCOC1CCCN(C2CCCC(N)(C(=O)O)C2)C1. The van der Waals surface area contributed by atoms with E-state index >= 15 is 0 Å². The van der Waals surface area contributed by atoms with E-state index in [-0.39, 0.29) is 0 Å². The molecule has 5 nitrogen and oxygen atoms in total. The molecule has 5 heteroatoms. The highest BCUT2D eigenvalue weighted by Gasteiger charge is 2.41. The summed E-state index contributed by atoms with van der Waals surface area (Å²) in [5.74, 6) is -0.849. The third-order valence-corrected chi connectivity index (χ3v) is 4.67. The number of rotatable bonds is 5. The van der Waals surface area contributed by atoms with Crippen molar-refractivity contribution in [3.05, 3.63) is 0 Å². The number of carboxylic acids is 1. The van der Waals surface area contributed by atoms with E-state index in [0.29, 0.717) is 25.0 Å². The molecule has 0 aromatic carbocycles. The number of nitrogens with two attached hydrogens (primary N) is 1. The first-order chi connectivity index (χ1) is 9.55. The molecule has 0 bridgehead atoms. The van der Waals surface area contributed by atoms with Crippen molar-refractivity contribution in [2.24, 2.45) is 5.73 Å². The molecule has 2 rings (SSSR count). The van der Waals surface area contributed by atoms with E-state index in [9.17, 15) is 9.90 Å². The molecule has 3 unspecified atom stereocenters. The number of ether oxygens (including phenoxy) is 1. The van der Waals surface area contributed by atoms with E-state index in [1.165, 1.54) is 0 Å². The summed E-state index contributed by atoms with van der Waals surface area (Å²) in [5.41, 5.74) is 5.03. The normalized spacial score (nSPS) is 35.9. The molecule has 1 aliphatic carbocycles. The van der Waals surface area contributed by atoms with Gasteiger partial charge < -0.3 is 15.6 Å². The first kappa shape index (κ1) is 15.7. The molecule has 0 aromatic heterocycles. The fraction of sp³-hybridized carbons (Fsp3) is 0.933. The van der Waals surface area contributed by atoms with Crippen molar-refractivity contribution < 1.29 is 14.6 Å². The van der Waals surface area contributed by atoms with E-state index in [4.69, 9.17) is 10.5 Å². The van der Waals surface area contributed by atoms with Crippen molar-refractivity contribution in [1.82, 2.24) is 4.90 Å². The van der Waals surface area contributed by atoms with Gasteiger partial charge in [0, 0.05) is 19.2 Å². The molecule has 2 fully saturated rings. The van der Waals surface area contributed by atoms with Gasteiger partial charge in [-0.05, 0) is 51.5 Å². The van der Waals surface area contributed by atoms with Crippen molar-refractivity contribution >= 4 is 5.97 Å². The molecule has 1 heterocycles. The highest BCUT2D eigenvalue weighted by Crippen LogP contribution is 2.31. The van der Waals surface area contributed by atoms with Gasteiger partial charge in [0.1, 0.15) is 5.54 Å². The molecule has 0 amide bonds. The summed E-state index contributed by atoms with van der Waals surface area (Å²) in [6.07, 6.45) is 6.75. The van der Waals surface area contributed by atoms with Gasteiger partial charge in [0.2, 0.25) is 0 Å². The lowest BCUT2D eigenvalue weighted by Crippen LogP contribution is -2.57. The highest BCUT2D eigenvalue weighted by atomic mass is 16.5. The number of likely N-dealkylation sites (tertiary alicyclic amines) is 1. The van der Waals surface area contributed by atoms with Crippen LogP contribution in [0.15, 0.2) is 0 Å². The molecule has 116 valence electrons. The minimum Gasteiger partial charge on any atom is -0.480 e. The van der Waals surface area contributed by atoms with Gasteiger partial charge in [-0.3, -0.25) is 9.69 Å². The van der Waals surface area contributed by atoms with E-state index in [0.717, 1.165) is 51.8 Å². The molecule has 3 atom stereocenters. The Hall–Kier alpha value is -0.650. The predicted molar refractivity (Wildman–Crippen MR) is 77.6 cm³/mol. The maximum absolute atomic E-state index is 11.3. The van der Waals surface area contributed by atoms with Crippen molar-refractivity contribution in [1.29, 1.82) is 0 Å². The van der Waals surface area contributed by atoms with Crippen molar-refractivity contribution in [3.8, 4) is 0 Å². The summed E-state index contributed by atoms with van der Waals surface area (Å²) in [7, 11) is 0. The largest absolute Gasteiger partial charge is 0.480 e. The van der Waals surface area contributed by atoms with Gasteiger partial charge in [-0.15, -0.1) is 0 Å². The summed E-state index contributed by atoms with van der Waals surface area (Å²) in [6.45, 7) is 4.92. The van der Waals surface area contributed by atoms with Crippen molar-refractivity contribution in [2.45, 2.75) is 69.6 Å². The van der Waals surface area contributed by atoms with Gasteiger partial charge >= 0.3 is 5.97 Å². The van der Waals surface area contributed by atoms with E-state index < -0.39 is 11.5 Å². The Bertz CT molecular complexity index is 337. The van der Waals surface area contributed by atoms with Gasteiger partial charge in [0.15, 0.2) is 0 Å². The summed E-state index contributed by atoms with van der Waals surface area (Å²) in [6, 6.07) is 0.304. The molecule has 1 saturated carbocycles. The second kappa shape index (κ2) is 6.87. The second-order valence-corrected chi connectivity index (χ2v) is 6.34. The number of aliphatic carboxylic acids is 1. The molecule has 1 saturated heterocycles. The number of carbonyl (C=O) groups is 1. The van der Waals surface area contributed by atoms with E-state index in [1.807, 2.05) is 0 Å². The van der Waals surface area contributed by atoms with Crippen LogP contribution < -0.4 is 5.73 Å². The van der Waals surface area contributed by atoms with Gasteiger partial charge in [-0.1, -0.05) is 6.92 Å². The fourth-order valence-corrected chi connectivity index (χ4v) is 3.50. The predicted octanol–water partition coefficient (Wildman–Crippen LogP) is 1.60. The number of hydrogen-bond donors (Lipinski definition) is 2. The van der Waals surface area contributed by atoms with Crippen LogP contribution >= 0.6 is 0 Å². The van der Waals surface area contributed by atoms with Crippen LogP contribution in [0.5, 0.6) is 0 Å². The maximum atomic E-state index is 11.3. The van der Waals surface area contributed by atoms with Crippen LogP contribution in [-0.4, -0.2) is 53.4 Å². The Morgan fingerprint density at radius 1 is 1.45 bits per heavy atom. The molecular weight excluding hydrogens is 256 g/mol. The fourth-order valence-electron chi connectivity index (χ4n) is 3.50. The number of piperidine rings is 1. The van der Waals surface area contributed by atoms with Crippen LogP contribution in [0.2, 0.25) is 0 Å². The lowest BCUT2D eigenvalue weighted by molar-refractivity contribution is -0.145. The average Bonchev–Trinajstić information content (AvgIpc) is 2.45. The maximum Gasteiger partial charge on any atom is 0.323 e. The van der Waals surface area contributed by atoms with Crippen LogP contribution in [-0.2, 0) is 9.53 Å². The van der Waals surface area contributed by atoms with Crippen LogP contribution in [0.4, 0.5) is 0 Å².